The zero-order valence-electron chi connectivity index (χ0n) is 42.0. The van der Waals surface area contributed by atoms with Gasteiger partial charge in [-0.05, 0) is 153 Å². The molecule has 2 N–H and O–H groups in total. The van der Waals surface area contributed by atoms with Crippen molar-refractivity contribution in [2.75, 3.05) is 6.26 Å². The van der Waals surface area contributed by atoms with Gasteiger partial charge in [0.25, 0.3) is 20.0 Å². The minimum atomic E-state index is -3.81. The number of rotatable bonds is 11. The Morgan fingerprint density at radius 2 is 1.10 bits per heavy atom. The van der Waals surface area contributed by atoms with Crippen molar-refractivity contribution < 1.29 is 16.8 Å². The Morgan fingerprint density at radius 1 is 0.570 bits per heavy atom. The zero-order valence-corrected chi connectivity index (χ0v) is 50.0. The molecular formula is C56H43Br3N12O4S4. The number of thioether (sulfide) groups is 1. The molecule has 9 aromatic heterocycles. The number of hydrogen-bond donors (Lipinski definition) is 2. The highest BCUT2D eigenvalue weighted by Crippen LogP contribution is 2.35. The summed E-state index contributed by atoms with van der Waals surface area (Å²) in [5, 5.41) is 3.03. The van der Waals surface area contributed by atoms with E-state index >= 15 is 0 Å². The van der Waals surface area contributed by atoms with Crippen LogP contribution >= 0.6 is 71.8 Å². The Kier molecular flexibility index (Phi) is 16.6. The lowest BCUT2D eigenvalue weighted by Crippen LogP contribution is -2.12. The topological polar surface area (TPSA) is 213 Å². The van der Waals surface area contributed by atoms with Crippen LogP contribution in [-0.4, -0.2) is 80.9 Å². The van der Waals surface area contributed by atoms with Crippen molar-refractivity contribution in [3.05, 3.63) is 212 Å². The normalized spacial score (nSPS) is 11.6. The van der Waals surface area contributed by atoms with Crippen LogP contribution in [0, 0.1) is 18.6 Å². The van der Waals surface area contributed by atoms with Crippen LogP contribution in [0.1, 0.15) is 22.5 Å². The lowest BCUT2D eigenvalue weighted by molar-refractivity contribution is 0.587. The number of nitrogens with zero attached hydrogens (tertiary/aromatic N) is 10. The number of fused-ring (bicyclic) bond motifs is 3. The number of aromatic nitrogens is 12. The first-order valence-electron chi connectivity index (χ1n) is 24.0. The summed E-state index contributed by atoms with van der Waals surface area (Å²) < 4.78 is 58.2. The number of halogens is 3. The van der Waals surface area contributed by atoms with Gasteiger partial charge >= 0.3 is 0 Å². The first-order valence-corrected chi connectivity index (χ1v) is 30.8. The second-order valence-electron chi connectivity index (χ2n) is 17.7. The monoisotopic (exact) mass is 1310 g/mol. The van der Waals surface area contributed by atoms with Crippen LogP contribution < -0.4 is 0 Å². The number of aromatic amines is 2. The van der Waals surface area contributed by atoms with Crippen molar-refractivity contribution in [3.8, 4) is 33.8 Å². The van der Waals surface area contributed by atoms with Gasteiger partial charge in [0, 0.05) is 108 Å². The molecule has 0 bridgehead atoms. The third-order valence-electron chi connectivity index (χ3n) is 12.3. The van der Waals surface area contributed by atoms with Crippen LogP contribution in [0.15, 0.2) is 199 Å². The Morgan fingerprint density at radius 3 is 1.70 bits per heavy atom. The fraction of sp³-hybridized carbons (Fsp3) is 0.0893. The fourth-order valence-electron chi connectivity index (χ4n) is 8.42. The summed E-state index contributed by atoms with van der Waals surface area (Å²) in [7, 11) is -7.62. The predicted octanol–water partition coefficient (Wildman–Crippen LogP) is 13.6. The molecule has 23 heteroatoms. The molecule has 0 fully saturated rings. The lowest BCUT2D eigenvalue weighted by atomic mass is 10.1. The van der Waals surface area contributed by atoms with Gasteiger partial charge in [-0.15, -0.1) is 0 Å². The van der Waals surface area contributed by atoms with Gasteiger partial charge in [0.1, 0.15) is 11.5 Å². The second kappa shape index (κ2) is 23.7. The van der Waals surface area contributed by atoms with Gasteiger partial charge in [-0.2, -0.15) is 0 Å². The third-order valence-corrected chi connectivity index (χ3v) is 17.7. The van der Waals surface area contributed by atoms with E-state index in [1.165, 1.54) is 25.3 Å². The molecular weight excluding hydrogens is 1270 g/mol. The van der Waals surface area contributed by atoms with Crippen molar-refractivity contribution in [2.24, 2.45) is 0 Å². The lowest BCUT2D eigenvalue weighted by Gasteiger charge is -2.07. The van der Waals surface area contributed by atoms with Crippen molar-refractivity contribution >= 4 is 125 Å². The fourth-order valence-corrected chi connectivity index (χ4v) is 12.6. The quantitative estimate of drug-likeness (QED) is 0.0701. The summed E-state index contributed by atoms with van der Waals surface area (Å²) in [6.07, 6.45) is 18.7. The smallest absolute Gasteiger partial charge is 0.269 e. The van der Waals surface area contributed by atoms with E-state index in [1.807, 2.05) is 56.8 Å². The van der Waals surface area contributed by atoms with E-state index in [1.54, 1.807) is 104 Å². The Bertz CT molecular complexity index is 4500. The van der Waals surface area contributed by atoms with Crippen LogP contribution in [0.25, 0.3) is 66.9 Å². The molecule has 79 heavy (non-hydrogen) atoms. The molecule has 0 spiro atoms. The zero-order chi connectivity index (χ0) is 55.4. The molecule has 0 aliphatic heterocycles. The molecule has 12 rings (SSSR count). The minimum absolute atomic E-state index is 0.198. The van der Waals surface area contributed by atoms with Crippen molar-refractivity contribution in [2.45, 2.75) is 41.6 Å². The van der Waals surface area contributed by atoms with E-state index in [-0.39, 0.29) is 9.79 Å². The SMILES string of the molecule is Brc1cnc2[nH]cc(-c3ccnc(CCc4ccccc4)n3)c2c1.CSc1nccc(-c2cn(S(=O)(=O)c3ccc(C)cc3)c3ncc(Br)cc23)n1.Cc1ccc(S(=O)(=O)n2cc(-c3ccnc(=S)[nH]3)c3cc(Br)cnc32)cc1. The van der Waals surface area contributed by atoms with E-state index in [9.17, 15) is 16.8 Å². The molecule has 3 aromatic carbocycles. The second-order valence-corrected chi connectivity index (χ2v) is 25.2. The predicted molar refractivity (Wildman–Crippen MR) is 322 cm³/mol. The highest BCUT2D eigenvalue weighted by Gasteiger charge is 2.25. The molecule has 0 amide bonds. The molecule has 0 aliphatic rings. The van der Waals surface area contributed by atoms with Crippen LogP contribution in [0.4, 0.5) is 0 Å². The molecule has 16 nitrogen and oxygen atoms in total. The molecule has 0 unspecified atom stereocenters. The van der Waals surface area contributed by atoms with Crippen LogP contribution in [0.5, 0.6) is 0 Å². The average molecular weight is 1320 g/mol. The number of pyridine rings is 3. The standard InChI is InChI=1S/C19H15BrN4O2S2.C19H15BrN4.C18H13BrN4O2S2/c1-12-3-5-14(6-4-12)28(25,26)24-11-16(15-9-13(20)10-22-18(15)24)17-7-8-21-19(23-17)27-2;20-14-10-15-16(12-23-19(15)22-11-14)17-8-9-21-18(24-17)7-6-13-4-2-1-3-5-13;1-11-2-4-13(5-3-11)27(24,25)23-10-15(16-6-7-20-18(26)22-16)14-8-12(19)9-21-17(14)23/h3-11H,1-2H3;1-5,8-12H,6-7H2,(H,22,23);2-10H,1H3,(H,20,22,26). The van der Waals surface area contributed by atoms with Gasteiger partial charge in [-0.3, -0.25) is 0 Å². The summed E-state index contributed by atoms with van der Waals surface area (Å²) in [5.41, 5.74) is 9.43. The molecule has 0 saturated carbocycles. The van der Waals surface area contributed by atoms with Gasteiger partial charge in [-0.1, -0.05) is 77.5 Å². The maximum Gasteiger partial charge on any atom is 0.269 e. The van der Waals surface area contributed by atoms with Crippen molar-refractivity contribution in [1.82, 2.24) is 57.8 Å². The van der Waals surface area contributed by atoms with Gasteiger partial charge in [0.05, 0.1) is 26.9 Å². The first kappa shape index (κ1) is 55.2. The first-order chi connectivity index (χ1) is 38.0. The highest BCUT2D eigenvalue weighted by molar-refractivity contribution is 9.11. The maximum atomic E-state index is 13.3. The molecule has 9 heterocycles. The Labute approximate surface area is 488 Å². The third kappa shape index (κ3) is 12.2. The molecule has 0 aliphatic carbocycles. The van der Waals surface area contributed by atoms with Crippen LogP contribution in [0.2, 0.25) is 0 Å². The van der Waals surface area contributed by atoms with E-state index in [0.717, 1.165) is 65.5 Å². The molecule has 396 valence electrons. The van der Waals surface area contributed by atoms with Gasteiger partial charge in [0.15, 0.2) is 21.2 Å². The summed E-state index contributed by atoms with van der Waals surface area (Å²) >= 11 is 16.8. The van der Waals surface area contributed by atoms with Crippen molar-refractivity contribution in [1.29, 1.82) is 0 Å². The summed E-state index contributed by atoms with van der Waals surface area (Å²) in [5.74, 6) is 0.855. The number of benzene rings is 3. The number of nitrogens with one attached hydrogen (secondary N) is 2. The van der Waals surface area contributed by atoms with Crippen molar-refractivity contribution in [3.63, 3.8) is 0 Å². The van der Waals surface area contributed by atoms with E-state index in [0.29, 0.717) is 54.5 Å². The Hall–Kier alpha value is -7.12. The maximum absolute atomic E-state index is 13.3. The molecule has 0 radical (unpaired) electrons. The summed E-state index contributed by atoms with van der Waals surface area (Å²) in [6.45, 7) is 3.82. The Balaban J connectivity index is 0.000000134. The number of aryl methyl sites for hydroxylation is 4. The summed E-state index contributed by atoms with van der Waals surface area (Å²) in [6, 6.07) is 35.1. The average Bonchev–Trinajstić information content (AvgIpc) is 4.40. The molecule has 0 atom stereocenters. The van der Waals surface area contributed by atoms with Gasteiger partial charge in [0.2, 0.25) is 0 Å². The number of hydrogen-bond acceptors (Lipinski definition) is 14. The van der Waals surface area contributed by atoms with Crippen LogP contribution in [-0.2, 0) is 32.9 Å². The highest BCUT2D eigenvalue weighted by atomic mass is 79.9. The molecule has 12 aromatic rings. The molecule has 0 saturated heterocycles. The van der Waals surface area contributed by atoms with E-state index in [2.05, 4.69) is 123 Å². The largest absolute Gasteiger partial charge is 0.345 e. The van der Waals surface area contributed by atoms with Crippen LogP contribution in [0.3, 0.4) is 0 Å². The minimum Gasteiger partial charge on any atom is -0.345 e. The van der Waals surface area contributed by atoms with E-state index < -0.39 is 20.0 Å². The van der Waals surface area contributed by atoms with Gasteiger partial charge in [-0.25, -0.2) is 64.7 Å². The number of H-pyrrole nitrogens is 2. The van der Waals surface area contributed by atoms with Gasteiger partial charge < -0.3 is 9.97 Å². The van der Waals surface area contributed by atoms with E-state index in [4.69, 9.17) is 17.2 Å². The summed E-state index contributed by atoms with van der Waals surface area (Å²) in [4.78, 5) is 41.5.